The van der Waals surface area contributed by atoms with Gasteiger partial charge in [-0.2, -0.15) is 0 Å². The number of hydrogen-bond acceptors (Lipinski definition) is 2. The van der Waals surface area contributed by atoms with Crippen molar-refractivity contribution in [3.8, 4) is 0 Å². The molecule has 18 heavy (non-hydrogen) atoms. The van der Waals surface area contributed by atoms with Crippen molar-refractivity contribution in [3.05, 3.63) is 36.4 Å². The average molecular weight is 243 g/mol. The van der Waals surface area contributed by atoms with Gasteiger partial charge in [0.15, 0.2) is 0 Å². The zero-order valence-corrected chi connectivity index (χ0v) is 11.2. The molecule has 0 aromatic carbocycles. The third-order valence-electron chi connectivity index (χ3n) is 4.03. The molecule has 0 amide bonds. The Kier molecular flexibility index (Phi) is 3.08. The van der Waals surface area contributed by atoms with E-state index in [0.717, 1.165) is 12.3 Å². The maximum Gasteiger partial charge on any atom is 0.113 e. The summed E-state index contributed by atoms with van der Waals surface area (Å²) in [6.07, 6.45) is 6.50. The van der Waals surface area contributed by atoms with Gasteiger partial charge < -0.3 is 9.30 Å². The van der Waals surface area contributed by atoms with E-state index in [0.29, 0.717) is 6.04 Å². The third-order valence-corrected chi connectivity index (χ3v) is 4.03. The lowest BCUT2D eigenvalue weighted by Crippen LogP contribution is -2.28. The molecule has 0 bridgehead atoms. The van der Waals surface area contributed by atoms with Crippen LogP contribution in [0.1, 0.15) is 26.1 Å². The summed E-state index contributed by atoms with van der Waals surface area (Å²) in [6.45, 7) is 7.03. The Balaban J connectivity index is 1.74. The van der Waals surface area contributed by atoms with Gasteiger partial charge in [0, 0.05) is 25.2 Å². The van der Waals surface area contributed by atoms with Crippen LogP contribution in [0.2, 0.25) is 0 Å². The van der Waals surface area contributed by atoms with Gasteiger partial charge in [-0.25, -0.2) is 4.98 Å². The summed E-state index contributed by atoms with van der Waals surface area (Å²) < 4.78 is 2.22. The van der Waals surface area contributed by atoms with Gasteiger partial charge in [-0.1, -0.05) is 6.07 Å². The highest BCUT2D eigenvalue weighted by Gasteiger charge is 2.25. The molecular formula is C15H21N3. The Morgan fingerprint density at radius 1 is 1.39 bits per heavy atom. The molecule has 3 heterocycles. The Labute approximate surface area is 108 Å². The van der Waals surface area contributed by atoms with Crippen LogP contribution in [0.5, 0.6) is 0 Å². The minimum Gasteiger partial charge on any atom is -0.304 e. The SMILES string of the molecule is CC(C)N1CCC(Cc2ncc3ccccn23)C1. The Morgan fingerprint density at radius 3 is 3.06 bits per heavy atom. The normalized spacial score (nSPS) is 21.2. The second-order valence-corrected chi connectivity index (χ2v) is 5.62. The number of likely N-dealkylation sites (tertiary alicyclic amines) is 1. The van der Waals surface area contributed by atoms with E-state index in [2.05, 4.69) is 52.5 Å². The lowest BCUT2D eigenvalue weighted by atomic mass is 10.0. The summed E-state index contributed by atoms with van der Waals surface area (Å²) in [5.74, 6) is 1.97. The molecule has 0 saturated carbocycles. The number of aromatic nitrogens is 2. The number of rotatable bonds is 3. The summed E-state index contributed by atoms with van der Waals surface area (Å²) in [6, 6.07) is 6.93. The molecule has 1 saturated heterocycles. The molecule has 3 nitrogen and oxygen atoms in total. The summed E-state index contributed by atoms with van der Waals surface area (Å²) in [5.41, 5.74) is 1.20. The lowest BCUT2D eigenvalue weighted by Gasteiger charge is -2.20. The molecule has 1 fully saturated rings. The largest absolute Gasteiger partial charge is 0.304 e. The molecule has 96 valence electrons. The van der Waals surface area contributed by atoms with Gasteiger partial charge in [0.2, 0.25) is 0 Å². The highest BCUT2D eigenvalue weighted by Crippen LogP contribution is 2.22. The van der Waals surface area contributed by atoms with Crippen LogP contribution in [0, 0.1) is 5.92 Å². The predicted molar refractivity (Wildman–Crippen MR) is 73.7 cm³/mol. The third kappa shape index (κ3) is 2.15. The van der Waals surface area contributed by atoms with Crippen molar-refractivity contribution in [1.29, 1.82) is 0 Å². The van der Waals surface area contributed by atoms with Crippen LogP contribution in [0.15, 0.2) is 30.6 Å². The summed E-state index contributed by atoms with van der Waals surface area (Å²) >= 11 is 0. The Morgan fingerprint density at radius 2 is 2.28 bits per heavy atom. The molecule has 1 unspecified atom stereocenters. The summed E-state index contributed by atoms with van der Waals surface area (Å²) in [4.78, 5) is 7.14. The van der Waals surface area contributed by atoms with Crippen molar-refractivity contribution in [2.45, 2.75) is 32.7 Å². The van der Waals surface area contributed by atoms with Crippen molar-refractivity contribution >= 4 is 5.52 Å². The van der Waals surface area contributed by atoms with Crippen LogP contribution in [-0.4, -0.2) is 33.4 Å². The van der Waals surface area contributed by atoms with Crippen molar-refractivity contribution < 1.29 is 0 Å². The van der Waals surface area contributed by atoms with E-state index in [4.69, 9.17) is 0 Å². The van der Waals surface area contributed by atoms with Crippen LogP contribution in [0.25, 0.3) is 5.52 Å². The molecule has 3 rings (SSSR count). The van der Waals surface area contributed by atoms with Crippen molar-refractivity contribution in [2.24, 2.45) is 5.92 Å². The monoisotopic (exact) mass is 243 g/mol. The van der Waals surface area contributed by atoms with Crippen LogP contribution in [0.3, 0.4) is 0 Å². The molecule has 0 N–H and O–H groups in total. The van der Waals surface area contributed by atoms with Crippen molar-refractivity contribution in [1.82, 2.24) is 14.3 Å². The zero-order chi connectivity index (χ0) is 12.5. The predicted octanol–water partition coefficient (Wildman–Crippen LogP) is 2.61. The molecule has 1 aliphatic rings. The average Bonchev–Trinajstić information content (AvgIpc) is 2.98. The van der Waals surface area contributed by atoms with E-state index in [1.807, 2.05) is 6.20 Å². The molecule has 0 radical (unpaired) electrons. The lowest BCUT2D eigenvalue weighted by molar-refractivity contribution is 0.264. The van der Waals surface area contributed by atoms with E-state index in [9.17, 15) is 0 Å². The molecule has 0 spiro atoms. The number of fused-ring (bicyclic) bond motifs is 1. The standard InChI is InChI=1S/C15H21N3/c1-12(2)17-8-6-13(11-17)9-15-16-10-14-5-3-4-7-18(14)15/h3-5,7,10,12-13H,6,8-9,11H2,1-2H3. The van der Waals surface area contributed by atoms with Gasteiger partial charge in [0.1, 0.15) is 5.82 Å². The Bertz CT molecular complexity index is 529. The van der Waals surface area contributed by atoms with Crippen LogP contribution < -0.4 is 0 Å². The first-order valence-electron chi connectivity index (χ1n) is 6.89. The van der Waals surface area contributed by atoms with Gasteiger partial charge in [-0.05, 0) is 44.9 Å². The molecule has 0 aliphatic carbocycles. The second kappa shape index (κ2) is 4.73. The van der Waals surface area contributed by atoms with E-state index in [1.54, 1.807) is 0 Å². The van der Waals surface area contributed by atoms with Gasteiger partial charge >= 0.3 is 0 Å². The maximum absolute atomic E-state index is 4.57. The zero-order valence-electron chi connectivity index (χ0n) is 11.2. The molecule has 1 atom stereocenters. The molecule has 3 heteroatoms. The fourth-order valence-corrected chi connectivity index (χ4v) is 2.91. The quantitative estimate of drug-likeness (QED) is 0.826. The second-order valence-electron chi connectivity index (χ2n) is 5.62. The Hall–Kier alpha value is -1.35. The molecular weight excluding hydrogens is 222 g/mol. The number of pyridine rings is 1. The summed E-state index contributed by atoms with van der Waals surface area (Å²) in [7, 11) is 0. The van der Waals surface area contributed by atoms with E-state index >= 15 is 0 Å². The first kappa shape index (κ1) is 11.7. The highest BCUT2D eigenvalue weighted by molar-refractivity contribution is 5.45. The summed E-state index contributed by atoms with van der Waals surface area (Å²) in [5, 5.41) is 0. The maximum atomic E-state index is 4.57. The van der Waals surface area contributed by atoms with E-state index in [1.165, 1.54) is 30.9 Å². The fourth-order valence-electron chi connectivity index (χ4n) is 2.91. The first-order valence-corrected chi connectivity index (χ1v) is 6.89. The van der Waals surface area contributed by atoms with Gasteiger partial charge in [-0.3, -0.25) is 0 Å². The number of imidazole rings is 1. The minimum atomic E-state index is 0.673. The highest BCUT2D eigenvalue weighted by atomic mass is 15.2. The minimum absolute atomic E-state index is 0.673. The van der Waals surface area contributed by atoms with Gasteiger partial charge in [0.25, 0.3) is 0 Å². The number of hydrogen-bond donors (Lipinski definition) is 0. The van der Waals surface area contributed by atoms with Crippen molar-refractivity contribution in [3.63, 3.8) is 0 Å². The van der Waals surface area contributed by atoms with Gasteiger partial charge in [0.05, 0.1) is 11.7 Å². The topological polar surface area (TPSA) is 20.5 Å². The van der Waals surface area contributed by atoms with E-state index < -0.39 is 0 Å². The van der Waals surface area contributed by atoms with E-state index in [-0.39, 0.29) is 0 Å². The smallest absolute Gasteiger partial charge is 0.113 e. The van der Waals surface area contributed by atoms with Crippen LogP contribution >= 0.6 is 0 Å². The number of nitrogens with zero attached hydrogens (tertiary/aromatic N) is 3. The van der Waals surface area contributed by atoms with Gasteiger partial charge in [-0.15, -0.1) is 0 Å². The van der Waals surface area contributed by atoms with Crippen LogP contribution in [-0.2, 0) is 6.42 Å². The first-order chi connectivity index (χ1) is 8.74. The fraction of sp³-hybridized carbons (Fsp3) is 0.533. The molecule has 2 aromatic rings. The molecule has 1 aliphatic heterocycles. The van der Waals surface area contributed by atoms with Crippen LogP contribution in [0.4, 0.5) is 0 Å². The molecule has 2 aromatic heterocycles. The van der Waals surface area contributed by atoms with Crippen molar-refractivity contribution in [2.75, 3.05) is 13.1 Å².